The van der Waals surface area contributed by atoms with Crippen molar-refractivity contribution in [3.8, 4) is 11.5 Å². The summed E-state index contributed by atoms with van der Waals surface area (Å²) in [5.41, 5.74) is 0.328. The summed E-state index contributed by atoms with van der Waals surface area (Å²) in [5, 5.41) is 9.31. The summed E-state index contributed by atoms with van der Waals surface area (Å²) in [6, 6.07) is 7.71. The Morgan fingerprint density at radius 2 is 1.95 bits per heavy atom. The van der Waals surface area contributed by atoms with Crippen LogP contribution in [-0.2, 0) is 0 Å². The highest BCUT2D eigenvalue weighted by atomic mass is 16.5. The van der Waals surface area contributed by atoms with Crippen molar-refractivity contribution >= 4 is 0 Å². The van der Waals surface area contributed by atoms with Gasteiger partial charge in [0.05, 0.1) is 13.7 Å². The van der Waals surface area contributed by atoms with Crippen LogP contribution in [-0.4, -0.2) is 25.4 Å². The molecule has 1 aliphatic carbocycles. The highest BCUT2D eigenvalue weighted by molar-refractivity contribution is 5.31. The van der Waals surface area contributed by atoms with Gasteiger partial charge in [0, 0.05) is 6.61 Å². The van der Waals surface area contributed by atoms with E-state index < -0.39 is 0 Å². The lowest BCUT2D eigenvalue weighted by Crippen LogP contribution is -2.43. The Balaban J connectivity index is 1.80. The molecule has 0 aromatic heterocycles. The number of aliphatic hydroxyl groups is 1. The monoisotopic (exact) mass is 278 g/mol. The van der Waals surface area contributed by atoms with E-state index in [1.165, 1.54) is 12.8 Å². The van der Waals surface area contributed by atoms with Gasteiger partial charge in [-0.05, 0) is 60.8 Å². The topological polar surface area (TPSA) is 38.7 Å². The normalized spacial score (nSPS) is 26.7. The summed E-state index contributed by atoms with van der Waals surface area (Å²) < 4.78 is 10.9. The molecule has 3 nitrogen and oxygen atoms in total. The maximum Gasteiger partial charge on any atom is 0.119 e. The van der Waals surface area contributed by atoms with Gasteiger partial charge < -0.3 is 14.6 Å². The average molecular weight is 278 g/mol. The molecule has 3 heteroatoms. The van der Waals surface area contributed by atoms with E-state index in [0.717, 1.165) is 24.5 Å². The van der Waals surface area contributed by atoms with Crippen molar-refractivity contribution in [2.45, 2.75) is 33.1 Å². The van der Waals surface area contributed by atoms with Gasteiger partial charge in [-0.2, -0.15) is 0 Å². The number of hydrogen-bond donors (Lipinski definition) is 1. The molecule has 2 rings (SSSR count). The van der Waals surface area contributed by atoms with Crippen molar-refractivity contribution < 1.29 is 14.6 Å². The molecule has 1 aromatic carbocycles. The second kappa shape index (κ2) is 6.49. The fourth-order valence-electron chi connectivity index (χ4n) is 3.29. The number of aliphatic hydroxyl groups excluding tert-OH is 1. The molecule has 0 radical (unpaired) electrons. The molecule has 1 saturated carbocycles. The van der Waals surface area contributed by atoms with E-state index >= 15 is 0 Å². The summed E-state index contributed by atoms with van der Waals surface area (Å²) in [5.74, 6) is 2.77. The van der Waals surface area contributed by atoms with Gasteiger partial charge in [0.2, 0.25) is 0 Å². The highest BCUT2D eigenvalue weighted by Gasteiger charge is 2.44. The Kier molecular flexibility index (Phi) is 4.92. The van der Waals surface area contributed by atoms with Crippen molar-refractivity contribution in [2.24, 2.45) is 17.3 Å². The van der Waals surface area contributed by atoms with E-state index in [4.69, 9.17) is 9.47 Å². The molecule has 0 saturated heterocycles. The zero-order chi connectivity index (χ0) is 14.6. The molecule has 1 fully saturated rings. The molecule has 0 bridgehead atoms. The number of methoxy groups -OCH3 is 1. The zero-order valence-electron chi connectivity index (χ0n) is 12.8. The third kappa shape index (κ3) is 3.26. The summed E-state index contributed by atoms with van der Waals surface area (Å²) in [6.07, 6.45) is 3.53. The van der Waals surface area contributed by atoms with Crippen LogP contribution in [0.1, 0.15) is 33.1 Å². The van der Waals surface area contributed by atoms with Crippen molar-refractivity contribution in [1.29, 1.82) is 0 Å². The molecular weight excluding hydrogens is 252 g/mol. The second-order valence-electron chi connectivity index (χ2n) is 6.23. The number of hydrogen-bond acceptors (Lipinski definition) is 3. The van der Waals surface area contributed by atoms with Gasteiger partial charge in [-0.25, -0.2) is 0 Å². The van der Waals surface area contributed by atoms with Crippen LogP contribution in [0.2, 0.25) is 0 Å². The van der Waals surface area contributed by atoms with E-state index in [2.05, 4.69) is 13.8 Å². The second-order valence-corrected chi connectivity index (χ2v) is 6.23. The zero-order valence-corrected chi connectivity index (χ0v) is 12.8. The molecule has 1 N–H and O–H groups in total. The van der Waals surface area contributed by atoms with Crippen LogP contribution in [0.3, 0.4) is 0 Å². The van der Waals surface area contributed by atoms with Crippen LogP contribution < -0.4 is 9.47 Å². The standard InChI is InChI=1S/C17H26O3/c1-13(12-18)16-8-9-17(16,2)10-11-20-15-6-4-14(19-3)5-7-15/h4-7,13,16,18H,8-12H2,1-3H3/t13?,16-,17+/m0/s1. The van der Waals surface area contributed by atoms with Crippen molar-refractivity contribution in [2.75, 3.05) is 20.3 Å². The van der Waals surface area contributed by atoms with Gasteiger partial charge in [0.15, 0.2) is 0 Å². The molecule has 3 atom stereocenters. The first kappa shape index (κ1) is 15.2. The largest absolute Gasteiger partial charge is 0.497 e. The number of rotatable bonds is 7. The smallest absolute Gasteiger partial charge is 0.119 e. The van der Waals surface area contributed by atoms with E-state index in [9.17, 15) is 5.11 Å². The highest BCUT2D eigenvalue weighted by Crippen LogP contribution is 2.52. The molecule has 0 aliphatic heterocycles. The summed E-state index contributed by atoms with van der Waals surface area (Å²) in [6.45, 7) is 5.49. The van der Waals surface area contributed by atoms with Crippen LogP contribution in [0.25, 0.3) is 0 Å². The molecule has 0 heterocycles. The molecule has 20 heavy (non-hydrogen) atoms. The van der Waals surface area contributed by atoms with Crippen LogP contribution in [0.4, 0.5) is 0 Å². The minimum absolute atomic E-state index is 0.291. The van der Waals surface area contributed by atoms with Gasteiger partial charge in [0.1, 0.15) is 11.5 Å². The maximum absolute atomic E-state index is 9.31. The Bertz CT molecular complexity index is 415. The van der Waals surface area contributed by atoms with Gasteiger partial charge in [-0.1, -0.05) is 13.8 Å². The van der Waals surface area contributed by atoms with Gasteiger partial charge in [-0.3, -0.25) is 0 Å². The van der Waals surface area contributed by atoms with Gasteiger partial charge in [-0.15, -0.1) is 0 Å². The van der Waals surface area contributed by atoms with E-state index in [1.54, 1.807) is 7.11 Å². The summed E-state index contributed by atoms with van der Waals surface area (Å²) in [7, 11) is 1.66. The third-order valence-electron chi connectivity index (χ3n) is 4.90. The number of ether oxygens (including phenoxy) is 2. The Morgan fingerprint density at radius 1 is 1.30 bits per heavy atom. The van der Waals surface area contributed by atoms with E-state index in [1.807, 2.05) is 24.3 Å². The first-order valence-electron chi connectivity index (χ1n) is 7.47. The first-order valence-corrected chi connectivity index (χ1v) is 7.47. The lowest BCUT2D eigenvalue weighted by atomic mass is 9.56. The average Bonchev–Trinajstić information content (AvgIpc) is 2.46. The predicted molar refractivity (Wildman–Crippen MR) is 80.2 cm³/mol. The minimum Gasteiger partial charge on any atom is -0.497 e. The van der Waals surface area contributed by atoms with Crippen molar-refractivity contribution in [3.05, 3.63) is 24.3 Å². The SMILES string of the molecule is COc1ccc(OCC[C@@]2(C)CC[C@H]2C(C)CO)cc1. The van der Waals surface area contributed by atoms with Gasteiger partial charge in [0.25, 0.3) is 0 Å². The third-order valence-corrected chi connectivity index (χ3v) is 4.90. The fraction of sp³-hybridized carbons (Fsp3) is 0.647. The Morgan fingerprint density at radius 3 is 2.45 bits per heavy atom. The molecule has 1 aromatic rings. The predicted octanol–water partition coefficient (Wildman–Crippen LogP) is 3.51. The lowest BCUT2D eigenvalue weighted by molar-refractivity contribution is -0.0260. The Labute approximate surface area is 121 Å². The minimum atomic E-state index is 0.291. The summed E-state index contributed by atoms with van der Waals surface area (Å²) in [4.78, 5) is 0. The van der Waals surface area contributed by atoms with Crippen LogP contribution >= 0.6 is 0 Å². The lowest BCUT2D eigenvalue weighted by Gasteiger charge is -2.50. The van der Waals surface area contributed by atoms with Crippen LogP contribution in [0.5, 0.6) is 11.5 Å². The van der Waals surface area contributed by atoms with Crippen LogP contribution in [0, 0.1) is 17.3 Å². The quantitative estimate of drug-likeness (QED) is 0.829. The molecule has 0 spiro atoms. The first-order chi connectivity index (χ1) is 9.59. The molecular formula is C17H26O3. The Hall–Kier alpha value is -1.22. The fourth-order valence-corrected chi connectivity index (χ4v) is 3.29. The van der Waals surface area contributed by atoms with Crippen molar-refractivity contribution in [3.63, 3.8) is 0 Å². The number of benzene rings is 1. The van der Waals surface area contributed by atoms with Gasteiger partial charge >= 0.3 is 0 Å². The molecule has 1 aliphatic rings. The van der Waals surface area contributed by atoms with Crippen LogP contribution in [0.15, 0.2) is 24.3 Å². The molecule has 1 unspecified atom stereocenters. The molecule has 0 amide bonds. The van der Waals surface area contributed by atoms with Crippen molar-refractivity contribution in [1.82, 2.24) is 0 Å². The van der Waals surface area contributed by atoms with E-state index in [0.29, 0.717) is 23.9 Å². The van der Waals surface area contributed by atoms with E-state index in [-0.39, 0.29) is 0 Å². The molecule has 112 valence electrons. The maximum atomic E-state index is 9.31. The summed E-state index contributed by atoms with van der Waals surface area (Å²) >= 11 is 0.